The molecule has 0 aliphatic carbocycles. The van der Waals surface area contributed by atoms with Gasteiger partial charge in [-0.2, -0.15) is 5.10 Å². The van der Waals surface area contributed by atoms with E-state index in [0.717, 1.165) is 41.5 Å². The monoisotopic (exact) mass is 295 g/mol. The summed E-state index contributed by atoms with van der Waals surface area (Å²) in [5.41, 5.74) is 2.08. The van der Waals surface area contributed by atoms with Crippen LogP contribution in [0.15, 0.2) is 47.7 Å². The van der Waals surface area contributed by atoms with Crippen LogP contribution in [-0.2, 0) is 11.8 Å². The van der Waals surface area contributed by atoms with Crippen molar-refractivity contribution in [3.05, 3.63) is 53.2 Å². The van der Waals surface area contributed by atoms with Gasteiger partial charge in [-0.05, 0) is 17.9 Å². The van der Waals surface area contributed by atoms with Gasteiger partial charge in [0.15, 0.2) is 0 Å². The van der Waals surface area contributed by atoms with Crippen molar-refractivity contribution in [3.63, 3.8) is 0 Å². The first kappa shape index (κ1) is 13.3. The zero-order valence-corrected chi connectivity index (χ0v) is 12.4. The van der Waals surface area contributed by atoms with Crippen molar-refractivity contribution in [1.29, 1.82) is 0 Å². The molecule has 22 heavy (non-hydrogen) atoms. The highest BCUT2D eigenvalue weighted by Gasteiger charge is 2.19. The Balaban J connectivity index is 1.87. The van der Waals surface area contributed by atoms with Gasteiger partial charge in [0, 0.05) is 42.6 Å². The van der Waals surface area contributed by atoms with Crippen LogP contribution < -0.4 is 5.56 Å². The number of rotatable bonds is 2. The predicted molar refractivity (Wildman–Crippen MR) is 84.9 cm³/mol. The molecule has 1 aliphatic rings. The van der Waals surface area contributed by atoms with Crippen LogP contribution in [0, 0.1) is 0 Å². The normalized spacial score (nSPS) is 18.1. The van der Waals surface area contributed by atoms with E-state index >= 15 is 0 Å². The maximum absolute atomic E-state index is 12.3. The van der Waals surface area contributed by atoms with Crippen LogP contribution in [0.25, 0.3) is 21.9 Å². The minimum absolute atomic E-state index is 0.0240. The Kier molecular flexibility index (Phi) is 3.08. The third kappa shape index (κ3) is 2.05. The van der Waals surface area contributed by atoms with E-state index in [1.54, 1.807) is 11.6 Å². The fourth-order valence-electron chi connectivity index (χ4n) is 3.05. The van der Waals surface area contributed by atoms with Gasteiger partial charge in [0.2, 0.25) is 0 Å². The third-order valence-electron chi connectivity index (χ3n) is 4.28. The lowest BCUT2D eigenvalue weighted by Gasteiger charge is -2.09. The molecule has 3 heterocycles. The highest BCUT2D eigenvalue weighted by atomic mass is 16.5. The summed E-state index contributed by atoms with van der Waals surface area (Å²) in [5, 5.41) is 6.18. The second kappa shape index (κ2) is 5.10. The summed E-state index contributed by atoms with van der Waals surface area (Å²) in [5.74, 6) is 0. The quantitative estimate of drug-likeness (QED) is 0.729. The van der Waals surface area contributed by atoms with Crippen molar-refractivity contribution in [3.8, 4) is 11.1 Å². The first-order chi connectivity index (χ1) is 10.7. The Hall–Kier alpha value is -2.40. The number of hydrogen-bond donors (Lipinski definition) is 0. The van der Waals surface area contributed by atoms with Gasteiger partial charge in [0.05, 0.1) is 18.8 Å². The number of aryl methyl sites for hydroxylation is 1. The predicted octanol–water partition coefficient (Wildman–Crippen LogP) is 2.36. The minimum atomic E-state index is 0.0240. The molecule has 0 bridgehead atoms. The van der Waals surface area contributed by atoms with E-state index in [0.29, 0.717) is 6.04 Å². The summed E-state index contributed by atoms with van der Waals surface area (Å²) in [7, 11) is 1.79. The van der Waals surface area contributed by atoms with Gasteiger partial charge in [-0.25, -0.2) is 0 Å². The van der Waals surface area contributed by atoms with Crippen molar-refractivity contribution >= 4 is 10.8 Å². The van der Waals surface area contributed by atoms with Crippen molar-refractivity contribution in [1.82, 2.24) is 14.3 Å². The summed E-state index contributed by atoms with van der Waals surface area (Å²) < 4.78 is 9.03. The van der Waals surface area contributed by atoms with Gasteiger partial charge in [-0.3, -0.25) is 9.48 Å². The fourth-order valence-corrected chi connectivity index (χ4v) is 3.05. The molecule has 3 aromatic rings. The van der Waals surface area contributed by atoms with E-state index in [1.165, 1.54) is 0 Å². The molecule has 0 saturated carbocycles. The van der Waals surface area contributed by atoms with Gasteiger partial charge < -0.3 is 9.30 Å². The Bertz CT molecular complexity index is 888. The second-order valence-electron chi connectivity index (χ2n) is 5.73. The Morgan fingerprint density at radius 2 is 2.05 bits per heavy atom. The highest BCUT2D eigenvalue weighted by molar-refractivity contribution is 5.95. The van der Waals surface area contributed by atoms with Gasteiger partial charge in [-0.1, -0.05) is 18.2 Å². The summed E-state index contributed by atoms with van der Waals surface area (Å²) in [6.45, 7) is 1.51. The van der Waals surface area contributed by atoms with Gasteiger partial charge in [-0.15, -0.1) is 0 Å². The smallest absolute Gasteiger partial charge is 0.258 e. The van der Waals surface area contributed by atoms with Gasteiger partial charge in [0.1, 0.15) is 0 Å². The van der Waals surface area contributed by atoms with Gasteiger partial charge >= 0.3 is 0 Å². The van der Waals surface area contributed by atoms with Crippen LogP contribution in [0.1, 0.15) is 12.5 Å². The highest BCUT2D eigenvalue weighted by Crippen LogP contribution is 2.28. The molecule has 0 N–H and O–H groups in total. The summed E-state index contributed by atoms with van der Waals surface area (Å²) >= 11 is 0. The van der Waals surface area contributed by atoms with Gasteiger partial charge in [0.25, 0.3) is 5.56 Å². The van der Waals surface area contributed by atoms with Crippen LogP contribution in [-0.4, -0.2) is 27.6 Å². The van der Waals surface area contributed by atoms with E-state index in [1.807, 2.05) is 47.5 Å². The Labute approximate surface area is 127 Å². The molecule has 0 radical (unpaired) electrons. The molecule has 5 heteroatoms. The zero-order chi connectivity index (χ0) is 15.1. The molecule has 1 fully saturated rings. The molecule has 112 valence electrons. The number of pyridine rings is 1. The molecule has 0 spiro atoms. The van der Waals surface area contributed by atoms with Crippen LogP contribution >= 0.6 is 0 Å². The molecular formula is C17H17N3O2. The summed E-state index contributed by atoms with van der Waals surface area (Å²) in [6.07, 6.45) is 6.79. The van der Waals surface area contributed by atoms with Crippen LogP contribution in [0.3, 0.4) is 0 Å². The number of fused-ring (bicyclic) bond motifs is 1. The molecule has 1 aliphatic heterocycles. The van der Waals surface area contributed by atoms with Crippen LogP contribution in [0.4, 0.5) is 0 Å². The zero-order valence-electron chi connectivity index (χ0n) is 12.4. The van der Waals surface area contributed by atoms with Crippen molar-refractivity contribution in [2.45, 2.75) is 12.5 Å². The molecule has 2 aromatic heterocycles. The molecule has 1 atom stereocenters. The first-order valence-corrected chi connectivity index (χ1v) is 7.44. The fraction of sp³-hybridized carbons (Fsp3) is 0.294. The molecular weight excluding hydrogens is 278 g/mol. The largest absolute Gasteiger partial charge is 0.379 e. The topological polar surface area (TPSA) is 49.0 Å². The van der Waals surface area contributed by atoms with Crippen LogP contribution in [0.5, 0.6) is 0 Å². The van der Waals surface area contributed by atoms with Crippen molar-refractivity contribution in [2.75, 3.05) is 13.2 Å². The lowest BCUT2D eigenvalue weighted by atomic mass is 10.0. The minimum Gasteiger partial charge on any atom is -0.379 e. The average molecular weight is 295 g/mol. The molecule has 5 nitrogen and oxygen atoms in total. The first-order valence-electron chi connectivity index (χ1n) is 7.44. The van der Waals surface area contributed by atoms with E-state index < -0.39 is 0 Å². The average Bonchev–Trinajstić information content (AvgIpc) is 3.21. The van der Waals surface area contributed by atoms with Crippen molar-refractivity contribution < 1.29 is 4.74 Å². The maximum atomic E-state index is 12.3. The number of hydrogen-bond acceptors (Lipinski definition) is 3. The molecule has 4 rings (SSSR count). The molecule has 1 aromatic carbocycles. The molecule has 0 amide bonds. The van der Waals surface area contributed by atoms with E-state index in [9.17, 15) is 4.79 Å². The summed E-state index contributed by atoms with van der Waals surface area (Å²) in [6, 6.07) is 8.03. The van der Waals surface area contributed by atoms with E-state index in [4.69, 9.17) is 4.74 Å². The third-order valence-corrected chi connectivity index (χ3v) is 4.28. The number of benzene rings is 1. The summed E-state index contributed by atoms with van der Waals surface area (Å²) in [4.78, 5) is 12.3. The number of nitrogens with zero attached hydrogens (tertiary/aromatic N) is 3. The lowest BCUT2D eigenvalue weighted by molar-refractivity contribution is 0.184. The second-order valence-corrected chi connectivity index (χ2v) is 5.73. The molecule has 1 saturated heterocycles. The number of ether oxygens (including phenoxy) is 1. The van der Waals surface area contributed by atoms with Crippen molar-refractivity contribution in [2.24, 2.45) is 7.05 Å². The Morgan fingerprint density at radius 1 is 1.23 bits per heavy atom. The molecule has 1 unspecified atom stereocenters. The van der Waals surface area contributed by atoms with E-state index in [-0.39, 0.29) is 5.56 Å². The SMILES string of the molecule is Cn1cc(-c2cnn(C3CCOC3)c2)c2ccccc2c1=O. The van der Waals surface area contributed by atoms with E-state index in [2.05, 4.69) is 5.10 Å². The standard InChI is InChI=1S/C17H17N3O2/c1-19-10-16(14-4-2-3-5-15(14)17(19)21)12-8-18-20(9-12)13-6-7-22-11-13/h2-5,8-10,13H,6-7,11H2,1H3. The lowest BCUT2D eigenvalue weighted by Crippen LogP contribution is -2.16. The maximum Gasteiger partial charge on any atom is 0.258 e. The number of aromatic nitrogens is 3. The Morgan fingerprint density at radius 3 is 2.82 bits per heavy atom. The van der Waals surface area contributed by atoms with Crippen LogP contribution in [0.2, 0.25) is 0 Å².